The highest BCUT2D eigenvalue weighted by molar-refractivity contribution is 5.86. The van der Waals surface area contributed by atoms with E-state index in [0.29, 0.717) is 11.8 Å². The summed E-state index contributed by atoms with van der Waals surface area (Å²) in [5, 5.41) is 22.4. The summed E-state index contributed by atoms with van der Waals surface area (Å²) >= 11 is 0. The molecule has 0 spiro atoms. The number of rotatable bonds is 5. The number of nitrogens with one attached hydrogen (secondary N) is 2. The number of amides is 2. The molecule has 0 aromatic carbocycles. The fourth-order valence-corrected chi connectivity index (χ4v) is 2.82. The van der Waals surface area contributed by atoms with Gasteiger partial charge in [-0.3, -0.25) is 4.79 Å². The van der Waals surface area contributed by atoms with E-state index in [2.05, 4.69) is 24.5 Å². The molecule has 4 N–H and O–H groups in total. The van der Waals surface area contributed by atoms with E-state index in [-0.39, 0.29) is 6.04 Å². The van der Waals surface area contributed by atoms with Gasteiger partial charge in [0.1, 0.15) is 6.04 Å². The Bertz CT molecular complexity index is 375. The van der Waals surface area contributed by atoms with Crippen molar-refractivity contribution in [2.45, 2.75) is 51.6 Å². The quantitative estimate of drug-likeness (QED) is 0.602. The lowest BCUT2D eigenvalue weighted by Gasteiger charge is -2.32. The predicted molar refractivity (Wildman–Crippen MR) is 71.3 cm³/mol. The summed E-state index contributed by atoms with van der Waals surface area (Å²) in [6.07, 6.45) is 2.19. The summed E-state index contributed by atoms with van der Waals surface area (Å²) in [6.45, 7) is 4.24. The van der Waals surface area contributed by atoms with E-state index in [1.165, 1.54) is 0 Å². The zero-order chi connectivity index (χ0) is 15.3. The van der Waals surface area contributed by atoms with Crippen LogP contribution in [0.2, 0.25) is 0 Å². The average Bonchev–Trinajstić information content (AvgIpc) is 2.25. The van der Waals surface area contributed by atoms with Crippen LogP contribution in [0, 0.1) is 11.8 Å². The Morgan fingerprint density at radius 1 is 1.10 bits per heavy atom. The van der Waals surface area contributed by atoms with E-state index in [9.17, 15) is 14.4 Å². The third-order valence-electron chi connectivity index (χ3n) is 3.50. The summed E-state index contributed by atoms with van der Waals surface area (Å²) in [6, 6.07) is -2.02. The fourth-order valence-electron chi connectivity index (χ4n) is 2.82. The molecule has 1 aliphatic carbocycles. The molecule has 1 rings (SSSR count). The van der Waals surface area contributed by atoms with Gasteiger partial charge in [-0.2, -0.15) is 0 Å². The first-order valence-electron chi connectivity index (χ1n) is 6.79. The normalized spacial score (nSPS) is 27.4. The molecular formula is C13H22N2O5. The second-order valence-electron chi connectivity index (χ2n) is 5.72. The minimum absolute atomic E-state index is 0.00743. The molecule has 1 fully saturated rings. The number of carboxylic acid groups (broad SMARTS) is 2. The molecule has 1 aliphatic rings. The van der Waals surface area contributed by atoms with Crippen LogP contribution in [-0.2, 0) is 9.59 Å². The van der Waals surface area contributed by atoms with Crippen molar-refractivity contribution < 1.29 is 24.6 Å². The van der Waals surface area contributed by atoms with E-state index in [1.54, 1.807) is 0 Å². The van der Waals surface area contributed by atoms with Crippen LogP contribution in [0.4, 0.5) is 4.79 Å². The third kappa shape index (κ3) is 5.46. The van der Waals surface area contributed by atoms with Crippen molar-refractivity contribution in [3.63, 3.8) is 0 Å². The van der Waals surface area contributed by atoms with Crippen LogP contribution in [0.3, 0.4) is 0 Å². The molecule has 3 atom stereocenters. The van der Waals surface area contributed by atoms with Gasteiger partial charge in [-0.05, 0) is 31.1 Å². The first kappa shape index (κ1) is 16.3. The maximum atomic E-state index is 11.7. The lowest BCUT2D eigenvalue weighted by Crippen LogP contribution is -2.51. The summed E-state index contributed by atoms with van der Waals surface area (Å²) in [5.74, 6) is -1.60. The Morgan fingerprint density at radius 3 is 2.10 bits per heavy atom. The lowest BCUT2D eigenvalue weighted by atomic mass is 9.80. The van der Waals surface area contributed by atoms with Gasteiger partial charge >= 0.3 is 18.0 Å². The maximum Gasteiger partial charge on any atom is 0.326 e. The Labute approximate surface area is 117 Å². The first-order chi connectivity index (χ1) is 9.27. The fraction of sp³-hybridized carbons (Fsp3) is 0.769. The number of carbonyl (C=O) groups excluding carboxylic acids is 1. The van der Waals surface area contributed by atoms with E-state index < -0.39 is 30.4 Å². The monoisotopic (exact) mass is 286 g/mol. The molecular weight excluding hydrogens is 264 g/mol. The van der Waals surface area contributed by atoms with Crippen molar-refractivity contribution in [2.75, 3.05) is 0 Å². The Hall–Kier alpha value is -1.79. The summed E-state index contributed by atoms with van der Waals surface area (Å²) in [4.78, 5) is 33.1. The summed E-state index contributed by atoms with van der Waals surface area (Å²) in [7, 11) is 0. The highest BCUT2D eigenvalue weighted by Gasteiger charge is 2.27. The van der Waals surface area contributed by atoms with E-state index in [1.807, 2.05) is 0 Å². The molecule has 20 heavy (non-hydrogen) atoms. The topological polar surface area (TPSA) is 116 Å². The van der Waals surface area contributed by atoms with Gasteiger partial charge in [-0.1, -0.05) is 13.8 Å². The second kappa shape index (κ2) is 7.12. The molecule has 0 bridgehead atoms. The average molecular weight is 286 g/mol. The van der Waals surface area contributed by atoms with Crippen molar-refractivity contribution in [3.8, 4) is 0 Å². The van der Waals surface area contributed by atoms with Crippen molar-refractivity contribution in [1.29, 1.82) is 0 Å². The number of aliphatic carboxylic acids is 2. The van der Waals surface area contributed by atoms with Gasteiger partial charge < -0.3 is 20.8 Å². The van der Waals surface area contributed by atoms with Crippen molar-refractivity contribution in [1.82, 2.24) is 10.6 Å². The van der Waals surface area contributed by atoms with Crippen LogP contribution in [0.5, 0.6) is 0 Å². The van der Waals surface area contributed by atoms with Crippen LogP contribution >= 0.6 is 0 Å². The van der Waals surface area contributed by atoms with Crippen LogP contribution in [0.15, 0.2) is 0 Å². The number of carbonyl (C=O) groups is 3. The van der Waals surface area contributed by atoms with Crippen molar-refractivity contribution >= 4 is 18.0 Å². The minimum Gasteiger partial charge on any atom is -0.481 e. The van der Waals surface area contributed by atoms with Crippen LogP contribution in [-0.4, -0.2) is 40.3 Å². The Balaban J connectivity index is 2.48. The standard InChI is InChI=1S/C13H22N2O5/c1-7-3-8(2)5-9(4-7)14-13(20)15-10(12(18)19)6-11(16)17/h7-10H,3-6H2,1-2H3,(H,16,17)(H,18,19)(H2,14,15,20)/t7?,8?,9?,10-/m0/s1. The van der Waals surface area contributed by atoms with E-state index in [4.69, 9.17) is 10.2 Å². The summed E-state index contributed by atoms with van der Waals surface area (Å²) in [5.41, 5.74) is 0. The molecule has 0 aromatic rings. The zero-order valence-electron chi connectivity index (χ0n) is 11.8. The van der Waals surface area contributed by atoms with Crippen LogP contribution < -0.4 is 10.6 Å². The smallest absolute Gasteiger partial charge is 0.326 e. The highest BCUT2D eigenvalue weighted by Crippen LogP contribution is 2.28. The molecule has 7 nitrogen and oxygen atoms in total. The van der Waals surface area contributed by atoms with Gasteiger partial charge in [0.05, 0.1) is 6.42 Å². The number of hydrogen-bond acceptors (Lipinski definition) is 3. The second-order valence-corrected chi connectivity index (χ2v) is 5.72. The van der Waals surface area contributed by atoms with E-state index >= 15 is 0 Å². The minimum atomic E-state index is -1.41. The van der Waals surface area contributed by atoms with Gasteiger partial charge in [0, 0.05) is 6.04 Å². The molecule has 0 heterocycles. The van der Waals surface area contributed by atoms with Gasteiger partial charge in [-0.15, -0.1) is 0 Å². The number of carboxylic acids is 2. The lowest BCUT2D eigenvalue weighted by molar-refractivity contribution is -0.145. The molecule has 0 saturated heterocycles. The van der Waals surface area contributed by atoms with Gasteiger partial charge in [-0.25, -0.2) is 9.59 Å². The predicted octanol–water partition coefficient (Wildman–Crippen LogP) is 1.04. The SMILES string of the molecule is CC1CC(C)CC(NC(=O)N[C@@H](CC(=O)O)C(=O)O)C1. The number of urea groups is 1. The summed E-state index contributed by atoms with van der Waals surface area (Å²) < 4.78 is 0. The highest BCUT2D eigenvalue weighted by atomic mass is 16.4. The van der Waals surface area contributed by atoms with Crippen molar-refractivity contribution in [2.24, 2.45) is 11.8 Å². The van der Waals surface area contributed by atoms with Gasteiger partial charge in [0.15, 0.2) is 0 Å². The zero-order valence-corrected chi connectivity index (χ0v) is 11.8. The third-order valence-corrected chi connectivity index (χ3v) is 3.50. The van der Waals surface area contributed by atoms with Gasteiger partial charge in [0.2, 0.25) is 0 Å². The molecule has 2 amide bonds. The molecule has 1 saturated carbocycles. The molecule has 2 unspecified atom stereocenters. The van der Waals surface area contributed by atoms with E-state index in [0.717, 1.165) is 19.3 Å². The first-order valence-corrected chi connectivity index (χ1v) is 6.79. The Morgan fingerprint density at radius 2 is 1.65 bits per heavy atom. The molecule has 0 aliphatic heterocycles. The van der Waals surface area contributed by atoms with Gasteiger partial charge in [0.25, 0.3) is 0 Å². The van der Waals surface area contributed by atoms with Crippen molar-refractivity contribution in [3.05, 3.63) is 0 Å². The molecule has 7 heteroatoms. The van der Waals surface area contributed by atoms with Crippen LogP contribution in [0.1, 0.15) is 39.5 Å². The molecule has 0 aromatic heterocycles. The molecule has 114 valence electrons. The van der Waals surface area contributed by atoms with Crippen LogP contribution in [0.25, 0.3) is 0 Å². The Kier molecular flexibility index (Phi) is 5.79. The maximum absolute atomic E-state index is 11.7. The number of hydrogen-bond donors (Lipinski definition) is 4. The molecule has 0 radical (unpaired) electrons. The largest absolute Gasteiger partial charge is 0.481 e.